The lowest BCUT2D eigenvalue weighted by molar-refractivity contribution is -0.163. The van der Waals surface area contributed by atoms with Gasteiger partial charge in [-0.15, -0.1) is 0 Å². The Morgan fingerprint density at radius 3 is 1.68 bits per heavy atom. The second-order valence-corrected chi connectivity index (χ2v) is 5.95. The molecule has 0 saturated heterocycles. The van der Waals surface area contributed by atoms with Crippen molar-refractivity contribution >= 4 is 5.97 Å². The number of aliphatic hydroxyl groups is 4. The zero-order chi connectivity index (χ0) is 17.0. The molecule has 0 bridgehead atoms. The lowest BCUT2D eigenvalue weighted by Gasteiger charge is -2.24. The summed E-state index contributed by atoms with van der Waals surface area (Å²) in [5, 5.41) is 46.4. The summed E-state index contributed by atoms with van der Waals surface area (Å²) >= 11 is 0. The standard InChI is InChI=1S/C16H32O6/c1-2-3-4-5-6-7-8-9-10-11-12(17)13(18)14(19)15(20)16(21)22/h12-15,17-20H,2-11H2,1H3,(H,21,22). The minimum atomic E-state index is -2.09. The van der Waals surface area contributed by atoms with E-state index in [-0.39, 0.29) is 6.42 Å². The Morgan fingerprint density at radius 1 is 0.773 bits per heavy atom. The first-order valence-electron chi connectivity index (χ1n) is 8.36. The van der Waals surface area contributed by atoms with Gasteiger partial charge in [0.15, 0.2) is 6.10 Å². The number of aliphatic hydroxyl groups excluding tert-OH is 4. The third kappa shape index (κ3) is 9.35. The van der Waals surface area contributed by atoms with Gasteiger partial charge in [0, 0.05) is 0 Å². The predicted octanol–water partition coefficient (Wildman–Crippen LogP) is 1.44. The predicted molar refractivity (Wildman–Crippen MR) is 83.5 cm³/mol. The SMILES string of the molecule is CCCCCCCCCCCC(O)C(O)C(O)C(O)C(=O)O. The van der Waals surface area contributed by atoms with Crippen molar-refractivity contribution in [1.82, 2.24) is 0 Å². The monoisotopic (exact) mass is 320 g/mol. The summed E-state index contributed by atoms with van der Waals surface area (Å²) in [5.74, 6) is -1.62. The van der Waals surface area contributed by atoms with E-state index in [1.807, 2.05) is 0 Å². The Morgan fingerprint density at radius 2 is 1.23 bits per heavy atom. The molecule has 0 aliphatic carbocycles. The molecule has 0 aliphatic rings. The first kappa shape index (κ1) is 21.3. The Kier molecular flexibility index (Phi) is 12.4. The molecule has 0 spiro atoms. The van der Waals surface area contributed by atoms with E-state index in [1.165, 1.54) is 32.1 Å². The van der Waals surface area contributed by atoms with E-state index in [9.17, 15) is 20.1 Å². The van der Waals surface area contributed by atoms with E-state index < -0.39 is 30.4 Å². The molecule has 0 saturated carbocycles. The summed E-state index contributed by atoms with van der Waals surface area (Å²) in [5.41, 5.74) is 0. The molecule has 6 nitrogen and oxygen atoms in total. The first-order chi connectivity index (χ1) is 10.4. The van der Waals surface area contributed by atoms with E-state index in [2.05, 4.69) is 6.92 Å². The highest BCUT2D eigenvalue weighted by Crippen LogP contribution is 2.14. The van der Waals surface area contributed by atoms with Crippen LogP contribution in [-0.4, -0.2) is 55.9 Å². The van der Waals surface area contributed by atoms with Crippen LogP contribution < -0.4 is 0 Å². The van der Waals surface area contributed by atoms with Crippen LogP contribution in [-0.2, 0) is 4.79 Å². The van der Waals surface area contributed by atoms with Crippen molar-refractivity contribution in [1.29, 1.82) is 0 Å². The molecule has 22 heavy (non-hydrogen) atoms. The highest BCUT2D eigenvalue weighted by atomic mass is 16.4. The maximum absolute atomic E-state index is 10.5. The van der Waals surface area contributed by atoms with Crippen LogP contribution >= 0.6 is 0 Å². The van der Waals surface area contributed by atoms with Crippen LogP contribution in [0, 0.1) is 0 Å². The number of carboxylic acid groups (broad SMARTS) is 1. The molecule has 5 N–H and O–H groups in total. The average molecular weight is 320 g/mol. The van der Waals surface area contributed by atoms with Gasteiger partial charge in [-0.05, 0) is 6.42 Å². The Hall–Kier alpha value is -0.690. The Bertz CT molecular complexity index is 284. The average Bonchev–Trinajstić information content (AvgIpc) is 2.50. The van der Waals surface area contributed by atoms with Gasteiger partial charge in [-0.2, -0.15) is 0 Å². The minimum Gasteiger partial charge on any atom is -0.479 e. The highest BCUT2D eigenvalue weighted by molar-refractivity contribution is 5.72. The van der Waals surface area contributed by atoms with Gasteiger partial charge < -0.3 is 25.5 Å². The number of rotatable bonds is 14. The third-order valence-corrected chi connectivity index (χ3v) is 3.92. The number of carboxylic acids is 1. The summed E-state index contributed by atoms with van der Waals surface area (Å²) in [4.78, 5) is 10.5. The minimum absolute atomic E-state index is 0.278. The van der Waals surface area contributed by atoms with Crippen LogP contribution in [0.1, 0.15) is 71.1 Å². The normalized spacial score (nSPS) is 17.0. The van der Waals surface area contributed by atoms with Crippen molar-refractivity contribution in [2.75, 3.05) is 0 Å². The van der Waals surface area contributed by atoms with Crippen molar-refractivity contribution in [3.05, 3.63) is 0 Å². The fourth-order valence-electron chi connectivity index (χ4n) is 2.40. The van der Waals surface area contributed by atoms with Crippen LogP contribution in [0.3, 0.4) is 0 Å². The maximum atomic E-state index is 10.5. The van der Waals surface area contributed by atoms with Crippen LogP contribution in [0.25, 0.3) is 0 Å². The summed E-state index contributed by atoms with van der Waals surface area (Å²) in [6, 6.07) is 0. The van der Waals surface area contributed by atoms with Gasteiger partial charge in [0.1, 0.15) is 12.2 Å². The second kappa shape index (κ2) is 12.8. The summed E-state index contributed by atoms with van der Waals surface area (Å²) in [7, 11) is 0. The third-order valence-electron chi connectivity index (χ3n) is 3.92. The summed E-state index contributed by atoms with van der Waals surface area (Å²) in [6.07, 6.45) is 3.55. The molecule has 0 aromatic heterocycles. The molecule has 0 rings (SSSR count). The Balaban J connectivity index is 3.67. The number of hydrogen-bond donors (Lipinski definition) is 5. The Labute approximate surface area is 132 Å². The molecular weight excluding hydrogens is 288 g/mol. The van der Waals surface area contributed by atoms with Crippen LogP contribution in [0.4, 0.5) is 0 Å². The zero-order valence-electron chi connectivity index (χ0n) is 13.5. The number of carbonyl (C=O) groups is 1. The quantitative estimate of drug-likeness (QED) is 0.309. The van der Waals surface area contributed by atoms with Crippen molar-refractivity contribution in [3.63, 3.8) is 0 Å². The fraction of sp³-hybridized carbons (Fsp3) is 0.938. The van der Waals surface area contributed by atoms with E-state index in [0.717, 1.165) is 19.3 Å². The lowest BCUT2D eigenvalue weighted by atomic mass is 9.98. The fourth-order valence-corrected chi connectivity index (χ4v) is 2.40. The molecule has 0 radical (unpaired) electrons. The molecule has 4 atom stereocenters. The molecule has 0 heterocycles. The van der Waals surface area contributed by atoms with E-state index >= 15 is 0 Å². The van der Waals surface area contributed by atoms with Gasteiger partial charge >= 0.3 is 5.97 Å². The topological polar surface area (TPSA) is 118 Å². The molecule has 0 aromatic carbocycles. The number of unbranched alkanes of at least 4 members (excludes halogenated alkanes) is 8. The van der Waals surface area contributed by atoms with Crippen molar-refractivity contribution in [3.8, 4) is 0 Å². The van der Waals surface area contributed by atoms with Gasteiger partial charge in [-0.3, -0.25) is 0 Å². The maximum Gasteiger partial charge on any atom is 0.335 e. The van der Waals surface area contributed by atoms with Crippen LogP contribution in [0.15, 0.2) is 0 Å². The first-order valence-corrected chi connectivity index (χ1v) is 8.36. The van der Waals surface area contributed by atoms with Crippen molar-refractivity contribution in [2.24, 2.45) is 0 Å². The van der Waals surface area contributed by atoms with Gasteiger partial charge in [0.25, 0.3) is 0 Å². The molecular formula is C16H32O6. The van der Waals surface area contributed by atoms with Crippen molar-refractivity contribution < 1.29 is 30.3 Å². The van der Waals surface area contributed by atoms with E-state index in [1.54, 1.807) is 0 Å². The molecule has 0 amide bonds. The van der Waals surface area contributed by atoms with Gasteiger partial charge in [0.2, 0.25) is 0 Å². The molecule has 6 heteroatoms. The molecule has 132 valence electrons. The summed E-state index contributed by atoms with van der Waals surface area (Å²) < 4.78 is 0. The smallest absolute Gasteiger partial charge is 0.335 e. The van der Waals surface area contributed by atoms with E-state index in [0.29, 0.717) is 6.42 Å². The van der Waals surface area contributed by atoms with Crippen LogP contribution in [0.5, 0.6) is 0 Å². The van der Waals surface area contributed by atoms with Gasteiger partial charge in [0.05, 0.1) is 6.10 Å². The lowest BCUT2D eigenvalue weighted by Crippen LogP contribution is -2.47. The molecule has 0 fully saturated rings. The van der Waals surface area contributed by atoms with E-state index in [4.69, 9.17) is 10.2 Å². The molecule has 0 aromatic rings. The van der Waals surface area contributed by atoms with Gasteiger partial charge in [-0.1, -0.05) is 64.7 Å². The largest absolute Gasteiger partial charge is 0.479 e. The van der Waals surface area contributed by atoms with Crippen LogP contribution in [0.2, 0.25) is 0 Å². The summed E-state index contributed by atoms with van der Waals surface area (Å²) in [6.45, 7) is 2.19. The second-order valence-electron chi connectivity index (χ2n) is 5.95. The highest BCUT2D eigenvalue weighted by Gasteiger charge is 2.33. The van der Waals surface area contributed by atoms with Gasteiger partial charge in [-0.25, -0.2) is 4.79 Å². The zero-order valence-corrected chi connectivity index (χ0v) is 13.5. The number of hydrogen-bond acceptors (Lipinski definition) is 5. The number of aliphatic carboxylic acids is 1. The van der Waals surface area contributed by atoms with Crippen molar-refractivity contribution in [2.45, 2.75) is 95.5 Å². The molecule has 0 aliphatic heterocycles. The molecule has 4 unspecified atom stereocenters.